The van der Waals surface area contributed by atoms with E-state index in [1.54, 1.807) is 35.5 Å². The number of amides is 3. The molecule has 0 aliphatic carbocycles. The van der Waals surface area contributed by atoms with Crippen LogP contribution in [0.1, 0.15) is 28.7 Å². The number of nitrogens with zero attached hydrogens (tertiary/aromatic N) is 2. The van der Waals surface area contributed by atoms with E-state index in [1.807, 2.05) is 54.3 Å². The first-order valence-corrected chi connectivity index (χ1v) is 11.9. The van der Waals surface area contributed by atoms with Crippen molar-refractivity contribution >= 4 is 29.0 Å². The number of rotatable bonds is 10. The standard InChI is InChI=1S/C26H31N3O3S/c1-4-16-28(26(31)27-23-12-8-9-13-24(23)32-3)19-25(30)29(17-21-10-6-5-7-11-21)18-22-15-14-20(2)33-22/h5-15H,4,16-19H2,1-3H3,(H,27,31). The lowest BCUT2D eigenvalue weighted by Gasteiger charge is -2.28. The summed E-state index contributed by atoms with van der Waals surface area (Å²) in [6.07, 6.45) is 0.745. The molecule has 33 heavy (non-hydrogen) atoms. The second-order valence-electron chi connectivity index (χ2n) is 7.80. The molecule has 6 nitrogen and oxygen atoms in total. The van der Waals surface area contributed by atoms with Gasteiger partial charge in [-0.05, 0) is 43.2 Å². The van der Waals surface area contributed by atoms with Crippen molar-refractivity contribution in [1.82, 2.24) is 9.80 Å². The number of hydrogen-bond donors (Lipinski definition) is 1. The van der Waals surface area contributed by atoms with Crippen molar-refractivity contribution in [2.75, 3.05) is 25.5 Å². The molecule has 0 aliphatic heterocycles. The molecule has 0 bridgehead atoms. The molecule has 0 aliphatic rings. The van der Waals surface area contributed by atoms with Gasteiger partial charge in [-0.25, -0.2) is 4.79 Å². The van der Waals surface area contributed by atoms with Crippen molar-refractivity contribution < 1.29 is 14.3 Å². The van der Waals surface area contributed by atoms with Gasteiger partial charge >= 0.3 is 6.03 Å². The minimum Gasteiger partial charge on any atom is -0.495 e. The number of carbonyl (C=O) groups is 2. The molecule has 0 radical (unpaired) electrons. The van der Waals surface area contributed by atoms with Gasteiger partial charge in [0.05, 0.1) is 19.3 Å². The first-order chi connectivity index (χ1) is 16.0. The van der Waals surface area contributed by atoms with Crippen LogP contribution in [0.5, 0.6) is 5.75 Å². The zero-order chi connectivity index (χ0) is 23.6. The van der Waals surface area contributed by atoms with E-state index in [0.29, 0.717) is 31.1 Å². The summed E-state index contributed by atoms with van der Waals surface area (Å²) in [6.45, 7) is 5.54. The Bertz CT molecular complexity index is 1050. The largest absolute Gasteiger partial charge is 0.495 e. The lowest BCUT2D eigenvalue weighted by atomic mass is 10.2. The highest BCUT2D eigenvalue weighted by molar-refractivity contribution is 7.11. The molecule has 0 spiro atoms. The van der Waals surface area contributed by atoms with Crippen LogP contribution in [0.3, 0.4) is 0 Å². The average molecular weight is 466 g/mol. The lowest BCUT2D eigenvalue weighted by Crippen LogP contribution is -2.44. The molecular weight excluding hydrogens is 434 g/mol. The van der Waals surface area contributed by atoms with Crippen molar-refractivity contribution in [3.63, 3.8) is 0 Å². The number of benzene rings is 2. The maximum Gasteiger partial charge on any atom is 0.322 e. The van der Waals surface area contributed by atoms with Crippen molar-refractivity contribution in [2.45, 2.75) is 33.4 Å². The lowest BCUT2D eigenvalue weighted by molar-refractivity contribution is -0.133. The third kappa shape index (κ3) is 7.08. The average Bonchev–Trinajstić information content (AvgIpc) is 3.23. The second-order valence-corrected chi connectivity index (χ2v) is 9.17. The van der Waals surface area contributed by atoms with Crippen molar-refractivity contribution in [1.29, 1.82) is 0 Å². The molecule has 0 fully saturated rings. The van der Waals surface area contributed by atoms with Gasteiger partial charge < -0.3 is 19.9 Å². The van der Waals surface area contributed by atoms with E-state index in [0.717, 1.165) is 16.9 Å². The molecular formula is C26H31N3O3S. The highest BCUT2D eigenvalue weighted by Gasteiger charge is 2.22. The Morgan fingerprint density at radius 1 is 0.939 bits per heavy atom. The molecule has 0 saturated carbocycles. The summed E-state index contributed by atoms with van der Waals surface area (Å²) in [4.78, 5) is 32.2. The number of carbonyl (C=O) groups excluding carboxylic acids is 2. The number of anilines is 1. The smallest absolute Gasteiger partial charge is 0.322 e. The number of ether oxygens (including phenoxy) is 1. The first-order valence-electron chi connectivity index (χ1n) is 11.1. The molecule has 0 saturated heterocycles. The van der Waals surface area contributed by atoms with Gasteiger partial charge in [0.1, 0.15) is 12.3 Å². The van der Waals surface area contributed by atoms with Crippen molar-refractivity contribution in [2.24, 2.45) is 0 Å². The molecule has 3 aromatic rings. The third-order valence-corrected chi connectivity index (χ3v) is 6.15. The van der Waals surface area contributed by atoms with E-state index < -0.39 is 0 Å². The Morgan fingerprint density at radius 3 is 2.33 bits per heavy atom. The van der Waals surface area contributed by atoms with Crippen LogP contribution in [0.25, 0.3) is 0 Å². The Morgan fingerprint density at radius 2 is 1.67 bits per heavy atom. The Labute approximate surface area is 199 Å². The van der Waals surface area contributed by atoms with E-state index in [-0.39, 0.29) is 18.5 Å². The number of para-hydroxylation sites is 2. The van der Waals surface area contributed by atoms with Crippen LogP contribution < -0.4 is 10.1 Å². The Balaban J connectivity index is 1.75. The van der Waals surface area contributed by atoms with Crippen LogP contribution in [-0.4, -0.2) is 41.9 Å². The predicted octanol–water partition coefficient (Wildman–Crippen LogP) is 5.54. The van der Waals surface area contributed by atoms with E-state index in [1.165, 1.54) is 4.88 Å². The van der Waals surface area contributed by atoms with Gasteiger partial charge in [0.15, 0.2) is 0 Å². The summed E-state index contributed by atoms with van der Waals surface area (Å²) in [5.74, 6) is 0.487. The number of aryl methyl sites for hydroxylation is 1. The number of hydrogen-bond acceptors (Lipinski definition) is 4. The summed E-state index contributed by atoms with van der Waals surface area (Å²) in [5, 5.41) is 2.89. The zero-order valence-electron chi connectivity index (χ0n) is 19.4. The summed E-state index contributed by atoms with van der Waals surface area (Å²) >= 11 is 1.68. The summed E-state index contributed by atoms with van der Waals surface area (Å²) in [5.41, 5.74) is 1.63. The number of urea groups is 1. The second kappa shape index (κ2) is 12.1. The van der Waals surface area contributed by atoms with Gasteiger partial charge in [-0.1, -0.05) is 49.4 Å². The van der Waals surface area contributed by atoms with Crippen LogP contribution in [0, 0.1) is 6.92 Å². The SMILES string of the molecule is CCCN(CC(=O)N(Cc1ccccc1)Cc1ccc(C)s1)C(=O)Nc1ccccc1OC. The van der Waals surface area contributed by atoms with Crippen LogP contribution in [-0.2, 0) is 17.9 Å². The van der Waals surface area contributed by atoms with Crippen LogP contribution in [0.2, 0.25) is 0 Å². The van der Waals surface area contributed by atoms with Crippen LogP contribution >= 0.6 is 11.3 Å². The van der Waals surface area contributed by atoms with Crippen molar-refractivity contribution in [3.05, 3.63) is 82.0 Å². The highest BCUT2D eigenvalue weighted by Crippen LogP contribution is 2.24. The molecule has 1 heterocycles. The molecule has 174 valence electrons. The minimum atomic E-state index is -0.318. The highest BCUT2D eigenvalue weighted by atomic mass is 32.1. The van der Waals surface area contributed by atoms with Gasteiger partial charge in [0.25, 0.3) is 0 Å². The molecule has 1 N–H and O–H groups in total. The quantitative estimate of drug-likeness (QED) is 0.428. The molecule has 0 atom stereocenters. The third-order valence-electron chi connectivity index (χ3n) is 5.17. The normalized spacial score (nSPS) is 10.5. The maximum absolute atomic E-state index is 13.4. The van der Waals surface area contributed by atoms with Gasteiger partial charge in [-0.2, -0.15) is 0 Å². The van der Waals surface area contributed by atoms with Gasteiger partial charge in [-0.15, -0.1) is 11.3 Å². The fourth-order valence-corrected chi connectivity index (χ4v) is 4.43. The summed E-state index contributed by atoms with van der Waals surface area (Å²) in [7, 11) is 1.56. The van der Waals surface area contributed by atoms with Gasteiger partial charge in [0.2, 0.25) is 5.91 Å². The van der Waals surface area contributed by atoms with Crippen LogP contribution in [0.4, 0.5) is 10.5 Å². The van der Waals surface area contributed by atoms with E-state index in [2.05, 4.69) is 24.4 Å². The maximum atomic E-state index is 13.4. The molecule has 7 heteroatoms. The molecule has 3 amide bonds. The minimum absolute atomic E-state index is 0.00597. The monoisotopic (exact) mass is 465 g/mol. The van der Waals surface area contributed by atoms with Gasteiger partial charge in [0, 0.05) is 22.8 Å². The number of thiophene rings is 1. The molecule has 1 aromatic heterocycles. The van der Waals surface area contributed by atoms with Gasteiger partial charge in [-0.3, -0.25) is 4.79 Å². The fraction of sp³-hybridized carbons (Fsp3) is 0.308. The molecule has 3 rings (SSSR count). The number of methoxy groups -OCH3 is 1. The van der Waals surface area contributed by atoms with Crippen molar-refractivity contribution in [3.8, 4) is 5.75 Å². The Hall–Kier alpha value is -3.32. The summed E-state index contributed by atoms with van der Waals surface area (Å²) in [6, 6.07) is 21.0. The Kier molecular flexibility index (Phi) is 8.89. The summed E-state index contributed by atoms with van der Waals surface area (Å²) < 4.78 is 5.33. The molecule has 2 aromatic carbocycles. The van der Waals surface area contributed by atoms with E-state index in [9.17, 15) is 9.59 Å². The van der Waals surface area contributed by atoms with E-state index >= 15 is 0 Å². The fourth-order valence-electron chi connectivity index (χ4n) is 3.52. The molecule has 0 unspecified atom stereocenters. The zero-order valence-corrected chi connectivity index (χ0v) is 20.2. The van der Waals surface area contributed by atoms with Crippen LogP contribution in [0.15, 0.2) is 66.7 Å². The predicted molar refractivity (Wildman–Crippen MR) is 134 cm³/mol. The number of nitrogens with one attached hydrogen (secondary N) is 1. The van der Waals surface area contributed by atoms with E-state index in [4.69, 9.17) is 4.74 Å². The topological polar surface area (TPSA) is 61.9 Å². The first kappa shape index (κ1) is 24.3.